The summed E-state index contributed by atoms with van der Waals surface area (Å²) in [5.74, 6) is 0.472. The molecular weight excluding hydrogens is 297 g/mol. The summed E-state index contributed by atoms with van der Waals surface area (Å²) in [5, 5.41) is 8.99. The Balaban J connectivity index is 2.16. The van der Waals surface area contributed by atoms with E-state index in [1.807, 2.05) is 12.1 Å². The van der Waals surface area contributed by atoms with E-state index in [0.717, 1.165) is 17.7 Å². The third-order valence-corrected chi connectivity index (χ3v) is 4.00. The Bertz CT molecular complexity index is 690. The van der Waals surface area contributed by atoms with E-state index in [4.69, 9.17) is 11.0 Å². The maximum absolute atomic E-state index is 12.6. The van der Waals surface area contributed by atoms with Crippen LogP contribution in [0.3, 0.4) is 0 Å². The van der Waals surface area contributed by atoms with Crippen LogP contribution < -0.4 is 5.73 Å². The van der Waals surface area contributed by atoms with Gasteiger partial charge in [0, 0.05) is 16.3 Å². The fourth-order valence-corrected chi connectivity index (χ4v) is 2.72. The molecule has 0 radical (unpaired) electrons. The molecule has 0 atom stereocenters. The summed E-state index contributed by atoms with van der Waals surface area (Å²) < 4.78 is 37.7. The van der Waals surface area contributed by atoms with Crippen LogP contribution in [0.1, 0.15) is 16.7 Å². The molecule has 0 fully saturated rings. The number of thioether (sulfide) groups is 1. The summed E-state index contributed by atoms with van der Waals surface area (Å²) in [6, 6.07) is 12.5. The lowest BCUT2D eigenvalue weighted by atomic mass is 10.1. The zero-order chi connectivity index (χ0) is 15.5. The first-order chi connectivity index (χ1) is 9.91. The monoisotopic (exact) mass is 308 g/mol. The van der Waals surface area contributed by atoms with E-state index in [9.17, 15) is 13.2 Å². The van der Waals surface area contributed by atoms with Crippen molar-refractivity contribution in [3.63, 3.8) is 0 Å². The van der Waals surface area contributed by atoms with E-state index in [0.29, 0.717) is 16.2 Å². The SMILES string of the molecule is N#Cc1ccccc1CSc1ccc(C(F)(F)F)cc1N. The molecule has 2 aromatic carbocycles. The number of nitrogens with two attached hydrogens (primary N) is 1. The predicted octanol–water partition coefficient (Wildman–Crippen LogP) is 4.45. The van der Waals surface area contributed by atoms with Gasteiger partial charge in [0.2, 0.25) is 0 Å². The zero-order valence-electron chi connectivity index (χ0n) is 10.8. The molecule has 6 heteroatoms. The minimum Gasteiger partial charge on any atom is -0.398 e. The first-order valence-corrected chi connectivity index (χ1v) is 6.98. The molecule has 108 valence electrons. The molecular formula is C15H11F3N2S. The first-order valence-electron chi connectivity index (χ1n) is 5.99. The Hall–Kier alpha value is -2.13. The third kappa shape index (κ3) is 3.70. The van der Waals surface area contributed by atoms with Gasteiger partial charge in [0.05, 0.1) is 17.2 Å². The van der Waals surface area contributed by atoms with E-state index < -0.39 is 11.7 Å². The van der Waals surface area contributed by atoms with Crippen LogP contribution in [-0.4, -0.2) is 0 Å². The van der Waals surface area contributed by atoms with E-state index in [2.05, 4.69) is 6.07 Å². The summed E-state index contributed by atoms with van der Waals surface area (Å²) in [4.78, 5) is 0.566. The van der Waals surface area contributed by atoms with Crippen LogP contribution in [0.15, 0.2) is 47.4 Å². The van der Waals surface area contributed by atoms with Crippen LogP contribution in [0.4, 0.5) is 18.9 Å². The van der Waals surface area contributed by atoms with Gasteiger partial charge in [-0.2, -0.15) is 18.4 Å². The van der Waals surface area contributed by atoms with Crippen molar-refractivity contribution in [2.75, 3.05) is 5.73 Å². The van der Waals surface area contributed by atoms with Crippen LogP contribution in [0.5, 0.6) is 0 Å². The topological polar surface area (TPSA) is 49.8 Å². The van der Waals surface area contributed by atoms with Crippen molar-refractivity contribution in [3.8, 4) is 6.07 Å². The highest BCUT2D eigenvalue weighted by Gasteiger charge is 2.30. The largest absolute Gasteiger partial charge is 0.416 e. The van der Waals surface area contributed by atoms with Gasteiger partial charge in [0.25, 0.3) is 0 Å². The second kappa shape index (κ2) is 6.10. The lowest BCUT2D eigenvalue weighted by Crippen LogP contribution is -2.05. The molecule has 0 aliphatic heterocycles. The molecule has 21 heavy (non-hydrogen) atoms. The Morgan fingerprint density at radius 3 is 2.48 bits per heavy atom. The highest BCUT2D eigenvalue weighted by molar-refractivity contribution is 7.98. The number of nitrogen functional groups attached to an aromatic ring is 1. The van der Waals surface area contributed by atoms with E-state index >= 15 is 0 Å². The quantitative estimate of drug-likeness (QED) is 0.673. The lowest BCUT2D eigenvalue weighted by molar-refractivity contribution is -0.137. The first kappa shape index (κ1) is 15.3. The molecule has 0 amide bonds. The Morgan fingerprint density at radius 2 is 1.86 bits per heavy atom. The number of nitrogens with zero attached hydrogens (tertiary/aromatic N) is 1. The Kier molecular flexibility index (Phi) is 4.43. The summed E-state index contributed by atoms with van der Waals surface area (Å²) >= 11 is 1.31. The van der Waals surface area contributed by atoms with E-state index in [-0.39, 0.29) is 5.69 Å². The summed E-state index contributed by atoms with van der Waals surface area (Å²) in [5.41, 5.74) is 6.37. The van der Waals surface area contributed by atoms with Gasteiger partial charge in [-0.05, 0) is 29.8 Å². The lowest BCUT2D eigenvalue weighted by Gasteiger charge is -2.11. The van der Waals surface area contributed by atoms with Gasteiger partial charge < -0.3 is 5.73 Å². The number of benzene rings is 2. The molecule has 0 aliphatic carbocycles. The van der Waals surface area contributed by atoms with Gasteiger partial charge in [-0.25, -0.2) is 0 Å². The minimum atomic E-state index is -4.40. The number of halogens is 3. The second-order valence-electron chi connectivity index (χ2n) is 4.31. The highest BCUT2D eigenvalue weighted by atomic mass is 32.2. The van der Waals surface area contributed by atoms with Crippen LogP contribution in [-0.2, 0) is 11.9 Å². The van der Waals surface area contributed by atoms with E-state index in [1.165, 1.54) is 17.8 Å². The molecule has 0 bridgehead atoms. The molecule has 0 saturated carbocycles. The number of hydrogen-bond acceptors (Lipinski definition) is 3. The molecule has 0 aliphatic rings. The number of rotatable bonds is 3. The number of anilines is 1. The molecule has 0 saturated heterocycles. The summed E-state index contributed by atoms with van der Waals surface area (Å²) in [6.07, 6.45) is -4.40. The van der Waals surface area contributed by atoms with Crippen LogP contribution in [0, 0.1) is 11.3 Å². The molecule has 0 heterocycles. The van der Waals surface area contributed by atoms with Crippen molar-refractivity contribution in [2.24, 2.45) is 0 Å². The summed E-state index contributed by atoms with van der Waals surface area (Å²) in [6.45, 7) is 0. The van der Waals surface area contributed by atoms with Crippen molar-refractivity contribution < 1.29 is 13.2 Å². The van der Waals surface area contributed by atoms with Crippen molar-refractivity contribution >= 4 is 17.4 Å². The molecule has 2 rings (SSSR count). The van der Waals surface area contributed by atoms with Gasteiger partial charge in [-0.3, -0.25) is 0 Å². The molecule has 2 aromatic rings. The maximum Gasteiger partial charge on any atom is 0.416 e. The number of nitriles is 1. The van der Waals surface area contributed by atoms with Crippen molar-refractivity contribution in [1.82, 2.24) is 0 Å². The van der Waals surface area contributed by atoms with Crippen molar-refractivity contribution in [1.29, 1.82) is 5.26 Å². The second-order valence-corrected chi connectivity index (χ2v) is 5.33. The number of hydrogen-bond donors (Lipinski definition) is 1. The predicted molar refractivity (Wildman–Crippen MR) is 76.6 cm³/mol. The van der Waals surface area contributed by atoms with Crippen LogP contribution in [0.25, 0.3) is 0 Å². The van der Waals surface area contributed by atoms with Crippen molar-refractivity contribution in [3.05, 3.63) is 59.2 Å². The average Bonchev–Trinajstić information content (AvgIpc) is 2.45. The number of alkyl halides is 3. The fraction of sp³-hybridized carbons (Fsp3) is 0.133. The highest BCUT2D eigenvalue weighted by Crippen LogP contribution is 2.35. The van der Waals surface area contributed by atoms with Gasteiger partial charge >= 0.3 is 6.18 Å². The van der Waals surface area contributed by atoms with Crippen LogP contribution >= 0.6 is 11.8 Å². The third-order valence-electron chi connectivity index (χ3n) is 2.86. The smallest absolute Gasteiger partial charge is 0.398 e. The van der Waals surface area contributed by atoms with E-state index in [1.54, 1.807) is 12.1 Å². The zero-order valence-corrected chi connectivity index (χ0v) is 11.6. The standard InChI is InChI=1S/C15H11F3N2S/c16-15(17,18)12-5-6-14(13(20)7-12)21-9-11-4-2-1-3-10(11)8-19/h1-7H,9,20H2. The summed E-state index contributed by atoms with van der Waals surface area (Å²) in [7, 11) is 0. The van der Waals surface area contributed by atoms with Gasteiger partial charge in [-0.1, -0.05) is 18.2 Å². The minimum absolute atomic E-state index is 0.0873. The molecule has 0 spiro atoms. The molecule has 2 nitrogen and oxygen atoms in total. The Morgan fingerprint density at radius 1 is 1.14 bits per heavy atom. The maximum atomic E-state index is 12.6. The molecule has 2 N–H and O–H groups in total. The fourth-order valence-electron chi connectivity index (χ4n) is 1.77. The Labute approximate surface area is 124 Å². The van der Waals surface area contributed by atoms with Crippen LogP contribution in [0.2, 0.25) is 0 Å². The normalized spacial score (nSPS) is 11.1. The molecule has 0 aromatic heterocycles. The van der Waals surface area contributed by atoms with Gasteiger partial charge in [0.1, 0.15) is 0 Å². The average molecular weight is 308 g/mol. The molecule has 0 unspecified atom stereocenters. The van der Waals surface area contributed by atoms with Gasteiger partial charge in [-0.15, -0.1) is 11.8 Å². The van der Waals surface area contributed by atoms with Gasteiger partial charge in [0.15, 0.2) is 0 Å². The van der Waals surface area contributed by atoms with Crippen molar-refractivity contribution in [2.45, 2.75) is 16.8 Å².